The molecule has 1 aliphatic heterocycles. The van der Waals surface area contributed by atoms with Crippen LogP contribution in [0, 0.1) is 0 Å². The lowest BCUT2D eigenvalue weighted by atomic mass is 9.90. The second-order valence-electron chi connectivity index (χ2n) is 5.96. The van der Waals surface area contributed by atoms with Crippen LogP contribution in [-0.2, 0) is 9.53 Å². The number of piperidine rings is 1. The molecular weight excluding hydrogens is 280 g/mol. The standard InChI is InChI=1S/C17H26N2O3/c1-12(2)22-14-6-4-13(5-7-14)17-15(18)8-9-16(20)19(17)10-11-21-3/h4-7,12,15,17H,8-11,18H2,1-3H3. The summed E-state index contributed by atoms with van der Waals surface area (Å²) in [6, 6.07) is 7.74. The van der Waals surface area contributed by atoms with Gasteiger partial charge in [0, 0.05) is 26.1 Å². The summed E-state index contributed by atoms with van der Waals surface area (Å²) in [5, 5.41) is 0. The highest BCUT2D eigenvalue weighted by Gasteiger charge is 2.34. The number of benzene rings is 1. The first-order valence-electron chi connectivity index (χ1n) is 7.83. The summed E-state index contributed by atoms with van der Waals surface area (Å²) in [6.45, 7) is 5.08. The van der Waals surface area contributed by atoms with Gasteiger partial charge in [0.15, 0.2) is 0 Å². The molecule has 1 amide bonds. The van der Waals surface area contributed by atoms with Crippen LogP contribution < -0.4 is 10.5 Å². The number of nitrogens with zero attached hydrogens (tertiary/aromatic N) is 1. The highest BCUT2D eigenvalue weighted by atomic mass is 16.5. The summed E-state index contributed by atoms with van der Waals surface area (Å²) < 4.78 is 10.8. The van der Waals surface area contributed by atoms with Crippen LogP contribution in [0.15, 0.2) is 24.3 Å². The zero-order chi connectivity index (χ0) is 16.1. The maximum absolute atomic E-state index is 12.2. The molecule has 5 heteroatoms. The SMILES string of the molecule is COCCN1C(=O)CCC(N)C1c1ccc(OC(C)C)cc1. The second-order valence-corrected chi connectivity index (χ2v) is 5.96. The van der Waals surface area contributed by atoms with Gasteiger partial charge in [-0.3, -0.25) is 4.79 Å². The van der Waals surface area contributed by atoms with Crippen molar-refractivity contribution in [1.29, 1.82) is 0 Å². The molecule has 0 bridgehead atoms. The van der Waals surface area contributed by atoms with Crippen molar-refractivity contribution in [3.63, 3.8) is 0 Å². The molecule has 122 valence electrons. The Morgan fingerprint density at radius 3 is 2.59 bits per heavy atom. The van der Waals surface area contributed by atoms with E-state index >= 15 is 0 Å². The van der Waals surface area contributed by atoms with Gasteiger partial charge < -0.3 is 20.1 Å². The van der Waals surface area contributed by atoms with Gasteiger partial charge in [0.05, 0.1) is 18.8 Å². The van der Waals surface area contributed by atoms with Crippen LogP contribution in [0.2, 0.25) is 0 Å². The lowest BCUT2D eigenvalue weighted by Gasteiger charge is -2.40. The van der Waals surface area contributed by atoms with Crippen molar-refractivity contribution < 1.29 is 14.3 Å². The predicted molar refractivity (Wildman–Crippen MR) is 85.7 cm³/mol. The molecule has 2 N–H and O–H groups in total. The van der Waals surface area contributed by atoms with Crippen LogP contribution in [0.1, 0.15) is 38.3 Å². The lowest BCUT2D eigenvalue weighted by Crippen LogP contribution is -2.49. The van der Waals surface area contributed by atoms with Gasteiger partial charge in [0.25, 0.3) is 0 Å². The predicted octanol–water partition coefficient (Wildman–Crippen LogP) is 2.11. The minimum atomic E-state index is -0.0931. The van der Waals surface area contributed by atoms with E-state index < -0.39 is 0 Å². The average molecular weight is 306 g/mol. The molecule has 5 nitrogen and oxygen atoms in total. The summed E-state index contributed by atoms with van der Waals surface area (Å²) in [5.41, 5.74) is 7.34. The monoisotopic (exact) mass is 306 g/mol. The van der Waals surface area contributed by atoms with Crippen LogP contribution in [0.25, 0.3) is 0 Å². The zero-order valence-electron chi connectivity index (χ0n) is 13.6. The molecule has 0 radical (unpaired) electrons. The van der Waals surface area contributed by atoms with Crippen LogP contribution in [-0.4, -0.2) is 43.2 Å². The van der Waals surface area contributed by atoms with Crippen molar-refractivity contribution in [2.45, 2.75) is 44.9 Å². The quantitative estimate of drug-likeness (QED) is 0.874. The molecular formula is C17H26N2O3. The lowest BCUT2D eigenvalue weighted by molar-refractivity contribution is -0.138. The number of amides is 1. The van der Waals surface area contributed by atoms with Crippen LogP contribution in [0.5, 0.6) is 5.75 Å². The first kappa shape index (κ1) is 16.8. The highest BCUT2D eigenvalue weighted by Crippen LogP contribution is 2.31. The fourth-order valence-corrected chi connectivity index (χ4v) is 2.87. The maximum atomic E-state index is 12.2. The zero-order valence-corrected chi connectivity index (χ0v) is 13.6. The second kappa shape index (κ2) is 7.61. The van der Waals surface area contributed by atoms with Crippen LogP contribution in [0.3, 0.4) is 0 Å². The normalized spacial score (nSPS) is 22.2. The number of methoxy groups -OCH3 is 1. The first-order chi connectivity index (χ1) is 10.5. The highest BCUT2D eigenvalue weighted by molar-refractivity contribution is 5.78. The number of carbonyl (C=O) groups is 1. The van der Waals surface area contributed by atoms with E-state index in [2.05, 4.69) is 0 Å². The average Bonchev–Trinajstić information content (AvgIpc) is 2.48. The van der Waals surface area contributed by atoms with E-state index in [1.807, 2.05) is 43.0 Å². The van der Waals surface area contributed by atoms with Crippen molar-refractivity contribution in [1.82, 2.24) is 4.90 Å². The van der Waals surface area contributed by atoms with Gasteiger partial charge >= 0.3 is 0 Å². The van der Waals surface area contributed by atoms with Gasteiger partial charge in [-0.2, -0.15) is 0 Å². The summed E-state index contributed by atoms with van der Waals surface area (Å²) >= 11 is 0. The first-order valence-corrected chi connectivity index (χ1v) is 7.83. The van der Waals surface area contributed by atoms with Crippen molar-refractivity contribution in [2.75, 3.05) is 20.3 Å². The molecule has 1 heterocycles. The van der Waals surface area contributed by atoms with E-state index in [0.29, 0.717) is 19.6 Å². The third-order valence-electron chi connectivity index (χ3n) is 3.88. The van der Waals surface area contributed by atoms with Crippen molar-refractivity contribution in [3.8, 4) is 5.75 Å². The fourth-order valence-electron chi connectivity index (χ4n) is 2.87. The van der Waals surface area contributed by atoms with Gasteiger partial charge in [0.2, 0.25) is 5.91 Å². The van der Waals surface area contributed by atoms with E-state index in [4.69, 9.17) is 15.2 Å². The molecule has 0 saturated carbocycles. The number of rotatable bonds is 6. The molecule has 0 aromatic heterocycles. The van der Waals surface area contributed by atoms with Gasteiger partial charge in [-0.1, -0.05) is 12.1 Å². The molecule has 1 saturated heterocycles. The van der Waals surface area contributed by atoms with E-state index in [9.17, 15) is 4.79 Å². The summed E-state index contributed by atoms with van der Waals surface area (Å²) in [7, 11) is 1.64. The number of carbonyl (C=O) groups excluding carboxylic acids is 1. The molecule has 0 spiro atoms. The third-order valence-corrected chi connectivity index (χ3v) is 3.88. The van der Waals surface area contributed by atoms with Gasteiger partial charge in [-0.25, -0.2) is 0 Å². The van der Waals surface area contributed by atoms with E-state index in [1.54, 1.807) is 7.11 Å². The van der Waals surface area contributed by atoms with Gasteiger partial charge in [0.1, 0.15) is 5.75 Å². The van der Waals surface area contributed by atoms with Gasteiger partial charge in [-0.05, 0) is 38.0 Å². The number of likely N-dealkylation sites (tertiary alicyclic amines) is 1. The van der Waals surface area contributed by atoms with E-state index in [-0.39, 0.29) is 24.1 Å². The van der Waals surface area contributed by atoms with Crippen molar-refractivity contribution in [3.05, 3.63) is 29.8 Å². The molecule has 2 unspecified atom stereocenters. The molecule has 22 heavy (non-hydrogen) atoms. The van der Waals surface area contributed by atoms with Crippen LogP contribution in [0.4, 0.5) is 0 Å². The van der Waals surface area contributed by atoms with E-state index in [0.717, 1.165) is 17.7 Å². The van der Waals surface area contributed by atoms with Crippen molar-refractivity contribution in [2.24, 2.45) is 5.73 Å². The Balaban J connectivity index is 2.19. The minimum Gasteiger partial charge on any atom is -0.491 e. The molecule has 1 fully saturated rings. The smallest absolute Gasteiger partial charge is 0.223 e. The van der Waals surface area contributed by atoms with Gasteiger partial charge in [-0.15, -0.1) is 0 Å². The Bertz CT molecular complexity index is 487. The molecule has 2 rings (SSSR count). The van der Waals surface area contributed by atoms with Crippen molar-refractivity contribution >= 4 is 5.91 Å². The van der Waals surface area contributed by atoms with E-state index in [1.165, 1.54) is 0 Å². The topological polar surface area (TPSA) is 64.8 Å². The number of hydrogen-bond donors (Lipinski definition) is 1. The number of hydrogen-bond acceptors (Lipinski definition) is 4. The Labute approximate surface area is 132 Å². The number of nitrogens with two attached hydrogens (primary N) is 1. The maximum Gasteiger partial charge on any atom is 0.223 e. The summed E-state index contributed by atoms with van der Waals surface area (Å²) in [4.78, 5) is 14.1. The Hall–Kier alpha value is -1.59. The third kappa shape index (κ3) is 3.99. The molecule has 1 aliphatic rings. The molecule has 1 aromatic rings. The summed E-state index contributed by atoms with van der Waals surface area (Å²) in [5.74, 6) is 0.976. The number of ether oxygens (including phenoxy) is 2. The summed E-state index contributed by atoms with van der Waals surface area (Å²) in [6.07, 6.45) is 1.37. The van der Waals surface area contributed by atoms with Crippen LogP contribution >= 0.6 is 0 Å². The Kier molecular flexibility index (Phi) is 5.80. The molecule has 1 aromatic carbocycles. The Morgan fingerprint density at radius 2 is 2.00 bits per heavy atom. The molecule has 0 aliphatic carbocycles. The molecule has 2 atom stereocenters. The largest absolute Gasteiger partial charge is 0.491 e. The Morgan fingerprint density at radius 1 is 1.32 bits per heavy atom. The minimum absolute atomic E-state index is 0.0496. The fraction of sp³-hybridized carbons (Fsp3) is 0.588.